The van der Waals surface area contributed by atoms with Gasteiger partial charge in [0.1, 0.15) is 5.82 Å². The molecule has 1 aromatic carbocycles. The van der Waals surface area contributed by atoms with E-state index in [2.05, 4.69) is 15.5 Å². The molecule has 0 spiro atoms. The molecule has 0 aliphatic rings. The van der Waals surface area contributed by atoms with Crippen molar-refractivity contribution in [1.82, 2.24) is 19.9 Å². The van der Waals surface area contributed by atoms with Gasteiger partial charge in [0.15, 0.2) is 11.5 Å². The molecule has 7 heteroatoms. The number of nitrogens with zero attached hydrogens (tertiary/aromatic N) is 3. The first-order valence-corrected chi connectivity index (χ1v) is 7.21. The second-order valence-corrected chi connectivity index (χ2v) is 5.18. The van der Waals surface area contributed by atoms with Crippen LogP contribution in [0.4, 0.5) is 4.39 Å². The number of carbonyl (C=O) groups excluding carboxylic acids is 1. The predicted octanol–water partition coefficient (Wildman–Crippen LogP) is 2.85. The molecule has 0 radical (unpaired) electrons. The Balaban J connectivity index is 1.63. The highest BCUT2D eigenvalue weighted by Gasteiger charge is 2.05. The van der Waals surface area contributed by atoms with Gasteiger partial charge in [-0.25, -0.2) is 4.39 Å². The van der Waals surface area contributed by atoms with Gasteiger partial charge >= 0.3 is 0 Å². The van der Waals surface area contributed by atoms with Crippen LogP contribution in [0.15, 0.2) is 48.7 Å². The van der Waals surface area contributed by atoms with E-state index < -0.39 is 5.82 Å². The number of amides is 1. The van der Waals surface area contributed by atoms with E-state index in [9.17, 15) is 9.18 Å². The van der Waals surface area contributed by atoms with Gasteiger partial charge in [0.05, 0.1) is 11.6 Å². The summed E-state index contributed by atoms with van der Waals surface area (Å²) in [5.74, 6) is -0.155. The molecule has 2 aromatic heterocycles. The predicted molar refractivity (Wildman–Crippen MR) is 85.3 cm³/mol. The van der Waals surface area contributed by atoms with E-state index in [4.69, 9.17) is 11.6 Å². The summed E-state index contributed by atoms with van der Waals surface area (Å²) in [4.78, 5) is 11.8. The highest BCUT2D eigenvalue weighted by atomic mass is 35.5. The van der Waals surface area contributed by atoms with Crippen LogP contribution in [0.25, 0.3) is 11.7 Å². The zero-order valence-corrected chi connectivity index (χ0v) is 12.7. The minimum atomic E-state index is -0.494. The molecule has 2 heterocycles. The maximum absolute atomic E-state index is 13.1. The molecule has 0 aliphatic carbocycles. The maximum atomic E-state index is 13.1. The lowest BCUT2D eigenvalue weighted by molar-refractivity contribution is -0.116. The van der Waals surface area contributed by atoms with Crippen molar-refractivity contribution in [2.75, 3.05) is 0 Å². The number of halogens is 2. The lowest BCUT2D eigenvalue weighted by Crippen LogP contribution is -2.21. The van der Waals surface area contributed by atoms with Gasteiger partial charge in [0.25, 0.3) is 0 Å². The molecule has 0 atom stereocenters. The zero-order chi connectivity index (χ0) is 16.2. The van der Waals surface area contributed by atoms with Gasteiger partial charge in [0.2, 0.25) is 5.91 Å². The van der Waals surface area contributed by atoms with Gasteiger partial charge in [-0.3, -0.25) is 9.20 Å². The Labute approximate surface area is 136 Å². The number of hydrogen-bond donors (Lipinski definition) is 1. The van der Waals surface area contributed by atoms with Crippen LogP contribution in [0, 0.1) is 5.82 Å². The van der Waals surface area contributed by atoms with Crippen LogP contribution in [0.1, 0.15) is 11.4 Å². The normalized spacial score (nSPS) is 11.2. The molecule has 0 bridgehead atoms. The molecule has 3 aromatic rings. The number of fused-ring (bicyclic) bond motifs is 1. The van der Waals surface area contributed by atoms with Crippen LogP contribution in [-0.4, -0.2) is 20.5 Å². The van der Waals surface area contributed by atoms with Gasteiger partial charge in [-0.15, -0.1) is 10.2 Å². The summed E-state index contributed by atoms with van der Waals surface area (Å²) in [6.07, 6.45) is 4.74. The van der Waals surface area contributed by atoms with Crippen molar-refractivity contribution in [3.05, 3.63) is 70.9 Å². The van der Waals surface area contributed by atoms with Crippen molar-refractivity contribution in [1.29, 1.82) is 0 Å². The molecule has 1 amide bonds. The number of aromatic nitrogens is 3. The minimum absolute atomic E-state index is 0.0162. The number of benzene rings is 1. The monoisotopic (exact) mass is 330 g/mol. The Bertz CT molecular complexity index is 891. The Morgan fingerprint density at radius 2 is 2.17 bits per heavy atom. The fourth-order valence-electron chi connectivity index (χ4n) is 2.02. The van der Waals surface area contributed by atoms with Crippen LogP contribution in [0.2, 0.25) is 5.02 Å². The molecule has 0 saturated carbocycles. The summed E-state index contributed by atoms with van der Waals surface area (Å²) >= 11 is 5.69. The SMILES string of the molecule is O=C(/C=C/c1ccc(F)c(Cl)c1)NCc1nnc2ccccn12. The third kappa shape index (κ3) is 3.54. The third-order valence-corrected chi connectivity index (χ3v) is 3.47. The molecular formula is C16H12ClFN4O. The number of pyridine rings is 1. The topological polar surface area (TPSA) is 59.3 Å². The molecule has 0 aliphatic heterocycles. The fourth-order valence-corrected chi connectivity index (χ4v) is 2.21. The Morgan fingerprint density at radius 1 is 1.30 bits per heavy atom. The molecule has 0 fully saturated rings. The van der Waals surface area contributed by atoms with Crippen molar-refractivity contribution >= 4 is 29.2 Å². The summed E-state index contributed by atoms with van der Waals surface area (Å²) in [5.41, 5.74) is 1.35. The zero-order valence-electron chi connectivity index (χ0n) is 11.9. The number of carbonyl (C=O) groups is 1. The molecule has 3 rings (SSSR count). The smallest absolute Gasteiger partial charge is 0.244 e. The van der Waals surface area contributed by atoms with Crippen LogP contribution in [0.5, 0.6) is 0 Å². The van der Waals surface area contributed by atoms with Gasteiger partial charge in [-0.1, -0.05) is 23.7 Å². The van der Waals surface area contributed by atoms with Crippen molar-refractivity contribution in [2.45, 2.75) is 6.54 Å². The molecule has 0 saturated heterocycles. The Kier molecular flexibility index (Phi) is 4.34. The molecule has 23 heavy (non-hydrogen) atoms. The number of rotatable bonds is 4. The lowest BCUT2D eigenvalue weighted by Gasteiger charge is -2.01. The number of hydrogen-bond acceptors (Lipinski definition) is 3. The van der Waals surface area contributed by atoms with Gasteiger partial charge in [-0.2, -0.15) is 0 Å². The van der Waals surface area contributed by atoms with Crippen molar-refractivity contribution in [3.8, 4) is 0 Å². The van der Waals surface area contributed by atoms with Crippen LogP contribution < -0.4 is 5.32 Å². The van der Waals surface area contributed by atoms with E-state index in [-0.39, 0.29) is 17.5 Å². The average molecular weight is 331 g/mol. The van der Waals surface area contributed by atoms with Gasteiger partial charge < -0.3 is 5.32 Å². The van der Waals surface area contributed by atoms with E-state index in [1.807, 2.05) is 24.4 Å². The molecule has 5 nitrogen and oxygen atoms in total. The standard InChI is InChI=1S/C16H12ClFN4O/c17-12-9-11(4-6-13(12)18)5-7-16(23)19-10-15-21-20-14-3-1-2-8-22(14)15/h1-9H,10H2,(H,19,23)/b7-5+. The average Bonchev–Trinajstić information content (AvgIpc) is 2.97. The summed E-state index contributed by atoms with van der Waals surface area (Å²) in [5, 5.41) is 10.8. The third-order valence-electron chi connectivity index (χ3n) is 3.18. The van der Waals surface area contributed by atoms with Crippen molar-refractivity contribution in [2.24, 2.45) is 0 Å². The molecular weight excluding hydrogens is 319 g/mol. The van der Waals surface area contributed by atoms with E-state index in [0.29, 0.717) is 17.0 Å². The molecule has 0 unspecified atom stereocenters. The first-order valence-electron chi connectivity index (χ1n) is 6.83. The second kappa shape index (κ2) is 6.58. The first-order chi connectivity index (χ1) is 11.1. The molecule has 116 valence electrons. The van der Waals surface area contributed by atoms with Crippen LogP contribution >= 0.6 is 11.6 Å². The molecule has 1 N–H and O–H groups in total. The van der Waals surface area contributed by atoms with Crippen LogP contribution in [-0.2, 0) is 11.3 Å². The first kappa shape index (κ1) is 15.2. The summed E-state index contributed by atoms with van der Waals surface area (Å²) < 4.78 is 14.8. The van der Waals surface area contributed by atoms with Crippen molar-refractivity contribution in [3.63, 3.8) is 0 Å². The Hall–Kier alpha value is -2.73. The summed E-state index contributed by atoms with van der Waals surface area (Å²) in [6, 6.07) is 9.80. The summed E-state index contributed by atoms with van der Waals surface area (Å²) in [7, 11) is 0. The van der Waals surface area contributed by atoms with Gasteiger partial charge in [0, 0.05) is 12.3 Å². The maximum Gasteiger partial charge on any atom is 0.244 e. The van der Waals surface area contributed by atoms with E-state index in [1.54, 1.807) is 10.5 Å². The van der Waals surface area contributed by atoms with Crippen molar-refractivity contribution < 1.29 is 9.18 Å². The summed E-state index contributed by atoms with van der Waals surface area (Å²) in [6.45, 7) is 0.249. The van der Waals surface area contributed by atoms with Gasteiger partial charge in [-0.05, 0) is 35.9 Å². The Morgan fingerprint density at radius 3 is 3.00 bits per heavy atom. The highest BCUT2D eigenvalue weighted by molar-refractivity contribution is 6.30. The van der Waals surface area contributed by atoms with Crippen LogP contribution in [0.3, 0.4) is 0 Å². The fraction of sp³-hybridized carbons (Fsp3) is 0.0625. The van der Waals surface area contributed by atoms with E-state index >= 15 is 0 Å². The lowest BCUT2D eigenvalue weighted by atomic mass is 10.2. The van der Waals surface area contributed by atoms with E-state index in [0.717, 1.165) is 0 Å². The quantitative estimate of drug-likeness (QED) is 0.748. The largest absolute Gasteiger partial charge is 0.345 e. The second-order valence-electron chi connectivity index (χ2n) is 4.77. The number of nitrogens with one attached hydrogen (secondary N) is 1. The van der Waals surface area contributed by atoms with E-state index in [1.165, 1.54) is 24.3 Å². The highest BCUT2D eigenvalue weighted by Crippen LogP contribution is 2.16. The minimum Gasteiger partial charge on any atom is -0.345 e.